The molecule has 3 nitrogen and oxygen atoms in total. The molecule has 0 radical (unpaired) electrons. The van der Waals surface area contributed by atoms with Crippen LogP contribution in [-0.2, 0) is 4.79 Å². The molecule has 1 aliphatic carbocycles. The van der Waals surface area contributed by atoms with Crippen LogP contribution in [0.25, 0.3) is 0 Å². The zero-order valence-electron chi connectivity index (χ0n) is 10.8. The first kappa shape index (κ1) is 13.1. The van der Waals surface area contributed by atoms with Crippen molar-refractivity contribution in [2.24, 2.45) is 5.92 Å². The predicted octanol–water partition coefficient (Wildman–Crippen LogP) is 2.98. The van der Waals surface area contributed by atoms with Gasteiger partial charge in [0.05, 0.1) is 0 Å². The molecule has 1 fully saturated rings. The molecule has 2 rings (SSSR count). The molecular weight excluding hydrogens is 226 g/mol. The van der Waals surface area contributed by atoms with E-state index in [-0.39, 0.29) is 6.04 Å². The molecule has 0 unspecified atom stereocenters. The van der Waals surface area contributed by atoms with Crippen LogP contribution >= 0.6 is 0 Å². The van der Waals surface area contributed by atoms with Crippen LogP contribution in [-0.4, -0.2) is 17.1 Å². The van der Waals surface area contributed by atoms with Crippen LogP contribution in [0, 0.1) is 5.92 Å². The van der Waals surface area contributed by atoms with Gasteiger partial charge in [0, 0.05) is 6.04 Å². The van der Waals surface area contributed by atoms with E-state index in [4.69, 9.17) is 0 Å². The molecule has 0 amide bonds. The molecule has 3 heteroatoms. The van der Waals surface area contributed by atoms with E-state index in [2.05, 4.69) is 17.4 Å². The van der Waals surface area contributed by atoms with Gasteiger partial charge < -0.3 is 5.11 Å². The summed E-state index contributed by atoms with van der Waals surface area (Å²) in [5.41, 5.74) is 1.21. The van der Waals surface area contributed by atoms with Crippen molar-refractivity contribution in [1.29, 1.82) is 0 Å². The van der Waals surface area contributed by atoms with E-state index in [1.54, 1.807) is 0 Å². The smallest absolute Gasteiger partial charge is 0.320 e. The van der Waals surface area contributed by atoms with Crippen LogP contribution < -0.4 is 5.32 Å². The summed E-state index contributed by atoms with van der Waals surface area (Å²) in [6.07, 6.45) is 4.27. The summed E-state index contributed by atoms with van der Waals surface area (Å²) in [7, 11) is 0. The SMILES string of the molecule is CC[C@@H](N[C@H](c1ccccc1)C1CCC1)C(=O)O. The monoisotopic (exact) mass is 247 g/mol. The highest BCUT2D eigenvalue weighted by Crippen LogP contribution is 2.38. The van der Waals surface area contributed by atoms with E-state index in [0.29, 0.717) is 12.3 Å². The number of carboxylic acids is 1. The third kappa shape index (κ3) is 2.91. The molecule has 98 valence electrons. The Morgan fingerprint density at radius 3 is 2.50 bits per heavy atom. The van der Waals surface area contributed by atoms with Gasteiger partial charge >= 0.3 is 5.97 Å². The number of aliphatic carboxylic acids is 1. The van der Waals surface area contributed by atoms with Crippen molar-refractivity contribution in [1.82, 2.24) is 5.32 Å². The number of carboxylic acid groups (broad SMARTS) is 1. The van der Waals surface area contributed by atoms with Gasteiger partial charge in [-0.05, 0) is 30.7 Å². The summed E-state index contributed by atoms with van der Waals surface area (Å²) in [5, 5.41) is 12.5. The second-order valence-corrected chi connectivity index (χ2v) is 5.05. The van der Waals surface area contributed by atoms with Gasteiger partial charge in [-0.25, -0.2) is 0 Å². The molecule has 0 aromatic heterocycles. The standard InChI is InChI=1S/C15H21NO2/c1-2-13(15(17)18)16-14(12-9-6-10-12)11-7-4-3-5-8-11/h3-5,7-8,12-14,16H,2,6,9-10H2,1H3,(H,17,18)/t13-,14-/m1/s1. The number of rotatable bonds is 6. The largest absolute Gasteiger partial charge is 0.480 e. The normalized spacial score (nSPS) is 18.9. The van der Waals surface area contributed by atoms with Crippen molar-refractivity contribution in [3.63, 3.8) is 0 Å². The molecule has 2 atom stereocenters. The number of nitrogens with one attached hydrogen (secondary N) is 1. The number of hydrogen-bond acceptors (Lipinski definition) is 2. The van der Waals surface area contributed by atoms with Crippen LogP contribution in [0.2, 0.25) is 0 Å². The minimum Gasteiger partial charge on any atom is -0.480 e. The molecule has 0 heterocycles. The Balaban J connectivity index is 2.13. The molecule has 0 saturated heterocycles. The van der Waals surface area contributed by atoms with Gasteiger partial charge in [-0.15, -0.1) is 0 Å². The maximum absolute atomic E-state index is 11.2. The zero-order chi connectivity index (χ0) is 13.0. The highest BCUT2D eigenvalue weighted by atomic mass is 16.4. The Morgan fingerprint density at radius 2 is 2.06 bits per heavy atom. The highest BCUT2D eigenvalue weighted by molar-refractivity contribution is 5.73. The average Bonchev–Trinajstić information content (AvgIpc) is 2.32. The lowest BCUT2D eigenvalue weighted by molar-refractivity contribution is -0.140. The summed E-state index contributed by atoms with van der Waals surface area (Å²) in [6, 6.07) is 9.94. The zero-order valence-corrected chi connectivity index (χ0v) is 10.8. The van der Waals surface area contributed by atoms with E-state index in [0.717, 1.165) is 0 Å². The number of carbonyl (C=O) groups is 1. The van der Waals surface area contributed by atoms with Gasteiger partial charge in [0.25, 0.3) is 0 Å². The molecule has 2 N–H and O–H groups in total. The van der Waals surface area contributed by atoms with Crippen LogP contribution in [0.1, 0.15) is 44.2 Å². The molecule has 1 aromatic carbocycles. The van der Waals surface area contributed by atoms with Crippen LogP contribution in [0.5, 0.6) is 0 Å². The third-order valence-corrected chi connectivity index (χ3v) is 3.87. The van der Waals surface area contributed by atoms with Gasteiger partial charge in [-0.3, -0.25) is 10.1 Å². The van der Waals surface area contributed by atoms with Gasteiger partial charge in [-0.1, -0.05) is 43.7 Å². The fourth-order valence-electron chi connectivity index (χ4n) is 2.52. The third-order valence-electron chi connectivity index (χ3n) is 3.87. The van der Waals surface area contributed by atoms with Crippen molar-refractivity contribution >= 4 is 5.97 Å². The van der Waals surface area contributed by atoms with Crippen molar-refractivity contribution in [2.75, 3.05) is 0 Å². The Kier molecular flexibility index (Phi) is 4.37. The molecular formula is C15H21NO2. The quantitative estimate of drug-likeness (QED) is 0.812. The van der Waals surface area contributed by atoms with Gasteiger partial charge in [0.1, 0.15) is 6.04 Å². The van der Waals surface area contributed by atoms with Crippen molar-refractivity contribution in [2.45, 2.75) is 44.7 Å². The first-order valence-electron chi connectivity index (χ1n) is 6.76. The maximum Gasteiger partial charge on any atom is 0.320 e. The van der Waals surface area contributed by atoms with E-state index in [9.17, 15) is 9.90 Å². The van der Waals surface area contributed by atoms with Crippen molar-refractivity contribution in [3.05, 3.63) is 35.9 Å². The Bertz CT molecular complexity index is 387. The van der Waals surface area contributed by atoms with Crippen LogP contribution in [0.15, 0.2) is 30.3 Å². The summed E-state index contributed by atoms with van der Waals surface area (Å²) in [6.45, 7) is 1.91. The molecule has 1 aliphatic rings. The Hall–Kier alpha value is -1.35. The van der Waals surface area contributed by atoms with Crippen molar-refractivity contribution < 1.29 is 9.90 Å². The summed E-state index contributed by atoms with van der Waals surface area (Å²) in [5.74, 6) is -0.168. The molecule has 0 bridgehead atoms. The molecule has 0 aliphatic heterocycles. The van der Waals surface area contributed by atoms with E-state index < -0.39 is 12.0 Å². The van der Waals surface area contributed by atoms with Gasteiger partial charge in [0.2, 0.25) is 0 Å². The molecule has 1 saturated carbocycles. The van der Waals surface area contributed by atoms with Crippen molar-refractivity contribution in [3.8, 4) is 0 Å². The Morgan fingerprint density at radius 1 is 1.39 bits per heavy atom. The van der Waals surface area contributed by atoms with Crippen LogP contribution in [0.3, 0.4) is 0 Å². The van der Waals surface area contributed by atoms with E-state index in [1.807, 2.05) is 25.1 Å². The molecule has 0 spiro atoms. The lowest BCUT2D eigenvalue weighted by Crippen LogP contribution is -2.42. The second kappa shape index (κ2) is 6.01. The second-order valence-electron chi connectivity index (χ2n) is 5.05. The topological polar surface area (TPSA) is 49.3 Å². The van der Waals surface area contributed by atoms with E-state index in [1.165, 1.54) is 24.8 Å². The summed E-state index contributed by atoms with van der Waals surface area (Å²) >= 11 is 0. The van der Waals surface area contributed by atoms with E-state index >= 15 is 0 Å². The average molecular weight is 247 g/mol. The fourth-order valence-corrected chi connectivity index (χ4v) is 2.52. The van der Waals surface area contributed by atoms with Gasteiger partial charge in [-0.2, -0.15) is 0 Å². The first-order valence-corrected chi connectivity index (χ1v) is 6.76. The minimum atomic E-state index is -0.752. The highest BCUT2D eigenvalue weighted by Gasteiger charge is 2.31. The van der Waals surface area contributed by atoms with Crippen LogP contribution in [0.4, 0.5) is 0 Å². The first-order chi connectivity index (χ1) is 8.72. The minimum absolute atomic E-state index is 0.181. The van der Waals surface area contributed by atoms with Gasteiger partial charge in [0.15, 0.2) is 0 Å². The molecule has 18 heavy (non-hydrogen) atoms. The lowest BCUT2D eigenvalue weighted by atomic mass is 9.77. The lowest BCUT2D eigenvalue weighted by Gasteiger charge is -2.36. The number of benzene rings is 1. The predicted molar refractivity (Wildman–Crippen MR) is 71.4 cm³/mol. The summed E-state index contributed by atoms with van der Waals surface area (Å²) in [4.78, 5) is 11.2. The Labute approximate surface area is 108 Å². The number of hydrogen-bond donors (Lipinski definition) is 2. The molecule has 1 aromatic rings. The fraction of sp³-hybridized carbons (Fsp3) is 0.533. The summed E-state index contributed by atoms with van der Waals surface area (Å²) < 4.78 is 0. The maximum atomic E-state index is 11.2.